The molecule has 134 valence electrons. The van der Waals surface area contributed by atoms with Crippen LogP contribution >= 0.6 is 0 Å². The van der Waals surface area contributed by atoms with Crippen LogP contribution in [0.4, 0.5) is 0 Å². The van der Waals surface area contributed by atoms with Crippen molar-refractivity contribution in [2.24, 2.45) is 0 Å². The third-order valence-corrected chi connectivity index (χ3v) is 4.13. The summed E-state index contributed by atoms with van der Waals surface area (Å²) in [6.45, 7) is 1.83. The highest BCUT2D eigenvalue weighted by molar-refractivity contribution is 6.23. The van der Waals surface area contributed by atoms with Crippen LogP contribution in [0.25, 0.3) is 32.7 Å². The Bertz CT molecular complexity index is 1300. The molecule has 4 rings (SSSR count). The minimum Gasteiger partial charge on any atom is -0.504 e. The average molecular weight is 360 g/mol. The van der Waals surface area contributed by atoms with Gasteiger partial charge in [-0.1, -0.05) is 0 Å². The predicted molar refractivity (Wildman–Crippen MR) is 89.9 cm³/mol. The van der Waals surface area contributed by atoms with Crippen LogP contribution in [0.5, 0.6) is 28.7 Å². The van der Waals surface area contributed by atoms with Crippen molar-refractivity contribution >= 4 is 32.7 Å². The first-order valence-electron chi connectivity index (χ1n) is 7.54. The molecule has 0 aliphatic carbocycles. The van der Waals surface area contributed by atoms with E-state index in [9.17, 15) is 24.9 Å². The third-order valence-electron chi connectivity index (χ3n) is 4.13. The highest BCUT2D eigenvalue weighted by Gasteiger charge is 2.29. The fourth-order valence-corrected chi connectivity index (χ4v) is 3.10. The van der Waals surface area contributed by atoms with Gasteiger partial charge in [-0.05, 0) is 13.0 Å². The van der Waals surface area contributed by atoms with Gasteiger partial charge < -0.3 is 33.6 Å². The van der Waals surface area contributed by atoms with Crippen LogP contribution in [0.1, 0.15) is 6.92 Å². The minimum absolute atomic E-state index is 0.0139. The zero-order valence-corrected chi connectivity index (χ0v) is 13.6. The first kappa shape index (κ1) is 15.9. The number of benzene rings is 2. The van der Waals surface area contributed by atoms with Crippen LogP contribution in [-0.4, -0.2) is 29.0 Å². The largest absolute Gasteiger partial charge is 0.504 e. The topological polar surface area (TPSA) is 140 Å². The SMILES string of the molecule is CCOc1c(OC)c(O)c2c(=O)oc3c(O)c(O)cc4c(=O)oc1c2c34. The molecule has 0 atom stereocenters. The van der Waals surface area contributed by atoms with E-state index < -0.39 is 34.1 Å². The van der Waals surface area contributed by atoms with Crippen molar-refractivity contribution in [1.82, 2.24) is 0 Å². The molecular formula is C17H12O9. The first-order valence-corrected chi connectivity index (χ1v) is 7.54. The van der Waals surface area contributed by atoms with Crippen molar-refractivity contribution in [1.29, 1.82) is 0 Å². The number of phenols is 3. The van der Waals surface area contributed by atoms with E-state index in [4.69, 9.17) is 18.3 Å². The fourth-order valence-electron chi connectivity index (χ4n) is 3.10. The molecule has 0 unspecified atom stereocenters. The van der Waals surface area contributed by atoms with E-state index in [1.165, 1.54) is 7.11 Å². The molecule has 0 aliphatic rings. The fraction of sp³-hybridized carbons (Fsp3) is 0.176. The van der Waals surface area contributed by atoms with Crippen molar-refractivity contribution in [3.05, 3.63) is 26.9 Å². The summed E-state index contributed by atoms with van der Waals surface area (Å²) in [6, 6.07) is 0.990. The zero-order chi connectivity index (χ0) is 18.7. The number of hydrogen-bond donors (Lipinski definition) is 3. The van der Waals surface area contributed by atoms with Gasteiger partial charge in [-0.3, -0.25) is 0 Å². The molecule has 26 heavy (non-hydrogen) atoms. The summed E-state index contributed by atoms with van der Waals surface area (Å²) in [7, 11) is 1.25. The number of aromatic hydroxyl groups is 3. The molecule has 0 amide bonds. The van der Waals surface area contributed by atoms with Gasteiger partial charge >= 0.3 is 11.3 Å². The van der Waals surface area contributed by atoms with E-state index in [1.54, 1.807) is 6.92 Å². The lowest BCUT2D eigenvalue weighted by molar-refractivity contribution is 0.299. The van der Waals surface area contributed by atoms with E-state index in [-0.39, 0.29) is 45.2 Å². The summed E-state index contributed by atoms with van der Waals surface area (Å²) < 4.78 is 20.9. The Kier molecular flexibility index (Phi) is 3.17. The monoisotopic (exact) mass is 360 g/mol. The van der Waals surface area contributed by atoms with Crippen LogP contribution < -0.4 is 20.7 Å². The molecule has 0 bridgehead atoms. The standard InChI is InChI=1S/C17H12O9/c1-3-24-15-13-8-7-5(16(21)26-13)4-6(18)10(19)12(7)25-17(22)9(8)11(20)14(15)23-2/h4,18-20H,3H2,1-2H3. The summed E-state index contributed by atoms with van der Waals surface area (Å²) in [4.78, 5) is 24.8. The molecule has 0 radical (unpaired) electrons. The van der Waals surface area contributed by atoms with Gasteiger partial charge in [0, 0.05) is 5.39 Å². The van der Waals surface area contributed by atoms with Crippen molar-refractivity contribution in [3.8, 4) is 28.7 Å². The summed E-state index contributed by atoms with van der Waals surface area (Å²) in [5, 5.41) is 30.0. The Hall–Kier alpha value is -3.62. The van der Waals surface area contributed by atoms with E-state index in [2.05, 4.69) is 0 Å². The summed E-state index contributed by atoms with van der Waals surface area (Å²) in [5.74, 6) is -2.18. The molecule has 0 aliphatic heterocycles. The van der Waals surface area contributed by atoms with Crippen LogP contribution in [0.2, 0.25) is 0 Å². The number of methoxy groups -OCH3 is 1. The zero-order valence-electron chi connectivity index (χ0n) is 13.6. The molecule has 4 aromatic rings. The van der Waals surface area contributed by atoms with Crippen molar-refractivity contribution in [3.63, 3.8) is 0 Å². The molecule has 2 aromatic carbocycles. The Balaban J connectivity index is 2.46. The Morgan fingerprint density at radius 1 is 0.923 bits per heavy atom. The second kappa shape index (κ2) is 5.19. The smallest absolute Gasteiger partial charge is 0.348 e. The van der Waals surface area contributed by atoms with Gasteiger partial charge in [0.05, 0.1) is 24.5 Å². The van der Waals surface area contributed by atoms with Crippen molar-refractivity contribution in [2.75, 3.05) is 13.7 Å². The molecule has 0 saturated heterocycles. The quantitative estimate of drug-likeness (QED) is 0.284. The lowest BCUT2D eigenvalue weighted by Gasteiger charge is -2.16. The molecule has 0 spiro atoms. The molecule has 0 saturated carbocycles. The van der Waals surface area contributed by atoms with Gasteiger partial charge in [-0.25, -0.2) is 9.59 Å². The maximum Gasteiger partial charge on any atom is 0.348 e. The lowest BCUT2D eigenvalue weighted by Crippen LogP contribution is -2.09. The molecule has 0 fully saturated rings. The Labute approximate surface area is 143 Å². The molecule has 2 aromatic heterocycles. The van der Waals surface area contributed by atoms with Gasteiger partial charge in [0.25, 0.3) is 0 Å². The van der Waals surface area contributed by atoms with Gasteiger partial charge in [0.2, 0.25) is 17.2 Å². The summed E-state index contributed by atoms with van der Waals surface area (Å²) in [6.07, 6.45) is 0. The minimum atomic E-state index is -1.02. The van der Waals surface area contributed by atoms with Crippen molar-refractivity contribution in [2.45, 2.75) is 6.92 Å². The van der Waals surface area contributed by atoms with E-state index in [0.717, 1.165) is 6.07 Å². The number of ether oxygens (including phenoxy) is 2. The van der Waals surface area contributed by atoms with Gasteiger partial charge in [0.1, 0.15) is 5.39 Å². The van der Waals surface area contributed by atoms with Crippen molar-refractivity contribution < 1.29 is 33.6 Å². The van der Waals surface area contributed by atoms with Gasteiger partial charge in [-0.2, -0.15) is 0 Å². The molecule has 9 nitrogen and oxygen atoms in total. The van der Waals surface area contributed by atoms with E-state index in [1.807, 2.05) is 0 Å². The molecular weight excluding hydrogens is 348 g/mol. The summed E-state index contributed by atoms with van der Waals surface area (Å²) in [5.41, 5.74) is -2.42. The van der Waals surface area contributed by atoms with Gasteiger partial charge in [0.15, 0.2) is 22.7 Å². The molecule has 2 heterocycles. The highest BCUT2D eigenvalue weighted by atomic mass is 16.5. The number of hydrogen-bond acceptors (Lipinski definition) is 9. The predicted octanol–water partition coefficient (Wildman–Crippen LogP) is 2.01. The van der Waals surface area contributed by atoms with Crippen LogP contribution in [0.15, 0.2) is 24.5 Å². The molecule has 3 N–H and O–H groups in total. The lowest BCUT2D eigenvalue weighted by atomic mass is 10.0. The Morgan fingerprint density at radius 3 is 2.27 bits per heavy atom. The van der Waals surface area contributed by atoms with E-state index >= 15 is 0 Å². The summed E-state index contributed by atoms with van der Waals surface area (Å²) >= 11 is 0. The second-order valence-electron chi connectivity index (χ2n) is 5.50. The maximum atomic E-state index is 12.4. The molecule has 9 heteroatoms. The second-order valence-corrected chi connectivity index (χ2v) is 5.50. The number of rotatable bonds is 3. The maximum absolute atomic E-state index is 12.4. The van der Waals surface area contributed by atoms with Crippen LogP contribution in [0.3, 0.4) is 0 Å². The third kappa shape index (κ3) is 1.79. The van der Waals surface area contributed by atoms with Crippen LogP contribution in [0, 0.1) is 0 Å². The van der Waals surface area contributed by atoms with Crippen LogP contribution in [-0.2, 0) is 0 Å². The Morgan fingerprint density at radius 2 is 1.62 bits per heavy atom. The number of phenolic OH excluding ortho intramolecular Hbond substituents is 3. The highest BCUT2D eigenvalue weighted by Crippen LogP contribution is 2.50. The van der Waals surface area contributed by atoms with E-state index in [0.29, 0.717) is 0 Å². The average Bonchev–Trinajstić information content (AvgIpc) is 2.60. The normalized spacial score (nSPS) is 11.6. The van der Waals surface area contributed by atoms with Gasteiger partial charge in [-0.15, -0.1) is 0 Å². The first-order chi connectivity index (χ1) is 12.4.